The van der Waals surface area contributed by atoms with Crippen molar-refractivity contribution in [2.24, 2.45) is 0 Å². The van der Waals surface area contributed by atoms with Crippen molar-refractivity contribution in [1.82, 2.24) is 0 Å². The van der Waals surface area contributed by atoms with Crippen molar-refractivity contribution in [3.05, 3.63) is 41.2 Å². The second-order valence-electron chi connectivity index (χ2n) is 4.78. The first-order valence-electron chi connectivity index (χ1n) is 6.28. The maximum atomic E-state index is 13.9. The maximum Gasteiger partial charge on any atom is 0.412 e. The fraction of sp³-hybridized carbons (Fsp3) is 0.429. The van der Waals surface area contributed by atoms with Crippen LogP contribution in [-0.2, 0) is 0 Å². The number of para-hydroxylation sites is 1. The Morgan fingerprint density at radius 1 is 1.30 bits per heavy atom. The second-order valence-corrected chi connectivity index (χ2v) is 4.78. The SMILES string of the molecule is C[C@@H](O)c1cccc(F)c1N1CC=C(C(F)(F)F)CC1. The van der Waals surface area contributed by atoms with Crippen molar-refractivity contribution in [2.45, 2.75) is 25.6 Å². The minimum Gasteiger partial charge on any atom is -0.389 e. The van der Waals surface area contributed by atoms with E-state index in [-0.39, 0.29) is 25.2 Å². The van der Waals surface area contributed by atoms with Gasteiger partial charge in [0.2, 0.25) is 0 Å². The molecule has 0 saturated carbocycles. The molecule has 0 unspecified atom stereocenters. The third-order valence-corrected chi connectivity index (χ3v) is 3.36. The molecule has 1 aliphatic rings. The Balaban J connectivity index is 2.30. The Hall–Kier alpha value is -1.56. The summed E-state index contributed by atoms with van der Waals surface area (Å²) in [6.07, 6.45) is -4.32. The molecule has 0 aliphatic carbocycles. The molecule has 2 rings (SSSR count). The maximum absolute atomic E-state index is 13.9. The van der Waals surface area contributed by atoms with E-state index in [4.69, 9.17) is 0 Å². The molecule has 2 nitrogen and oxygen atoms in total. The molecule has 6 heteroatoms. The van der Waals surface area contributed by atoms with E-state index in [1.165, 1.54) is 24.0 Å². The minimum atomic E-state index is -4.32. The molecule has 0 bridgehead atoms. The van der Waals surface area contributed by atoms with Gasteiger partial charge in [0.1, 0.15) is 5.82 Å². The second kappa shape index (κ2) is 5.44. The third-order valence-electron chi connectivity index (χ3n) is 3.36. The van der Waals surface area contributed by atoms with Crippen LogP contribution in [0, 0.1) is 5.82 Å². The molecular formula is C14H15F4NO. The molecule has 0 fully saturated rings. The monoisotopic (exact) mass is 289 g/mol. The number of halogens is 4. The molecule has 1 aliphatic heterocycles. The molecule has 1 atom stereocenters. The molecule has 0 aromatic heterocycles. The van der Waals surface area contributed by atoms with Gasteiger partial charge in [-0.3, -0.25) is 0 Å². The van der Waals surface area contributed by atoms with Gasteiger partial charge in [-0.25, -0.2) is 4.39 Å². The molecule has 110 valence electrons. The van der Waals surface area contributed by atoms with E-state index in [9.17, 15) is 22.7 Å². The number of aliphatic hydroxyl groups is 1. The highest BCUT2D eigenvalue weighted by molar-refractivity contribution is 5.57. The first-order chi connectivity index (χ1) is 9.30. The zero-order valence-electron chi connectivity index (χ0n) is 10.9. The molecule has 0 radical (unpaired) electrons. The van der Waals surface area contributed by atoms with Gasteiger partial charge in [-0.05, 0) is 19.4 Å². The van der Waals surface area contributed by atoms with E-state index in [0.717, 1.165) is 6.08 Å². The van der Waals surface area contributed by atoms with Gasteiger partial charge in [0.25, 0.3) is 0 Å². The Morgan fingerprint density at radius 2 is 2.00 bits per heavy atom. The normalized spacial score (nSPS) is 17.9. The van der Waals surface area contributed by atoms with Crippen molar-refractivity contribution in [2.75, 3.05) is 18.0 Å². The van der Waals surface area contributed by atoms with E-state index >= 15 is 0 Å². The zero-order valence-corrected chi connectivity index (χ0v) is 10.9. The number of alkyl halides is 3. The van der Waals surface area contributed by atoms with Gasteiger partial charge >= 0.3 is 6.18 Å². The Labute approximate surface area is 114 Å². The third kappa shape index (κ3) is 2.95. The van der Waals surface area contributed by atoms with E-state index in [2.05, 4.69) is 0 Å². The predicted molar refractivity (Wildman–Crippen MR) is 68.0 cm³/mol. The van der Waals surface area contributed by atoms with Crippen LogP contribution in [-0.4, -0.2) is 24.4 Å². The minimum absolute atomic E-state index is 0.0184. The number of hydrogen-bond donors (Lipinski definition) is 1. The molecular weight excluding hydrogens is 274 g/mol. The lowest BCUT2D eigenvalue weighted by Crippen LogP contribution is -2.33. The lowest BCUT2D eigenvalue weighted by atomic mass is 10.0. The molecule has 1 heterocycles. The van der Waals surface area contributed by atoms with Crippen LogP contribution in [0.5, 0.6) is 0 Å². The van der Waals surface area contributed by atoms with Gasteiger partial charge in [0.05, 0.1) is 11.8 Å². The first kappa shape index (κ1) is 14.8. The number of anilines is 1. The van der Waals surface area contributed by atoms with E-state index < -0.39 is 23.7 Å². The van der Waals surface area contributed by atoms with Gasteiger partial charge in [0, 0.05) is 24.2 Å². The standard InChI is InChI=1S/C14H15F4NO/c1-9(20)11-3-2-4-12(15)13(11)19-7-5-10(6-8-19)14(16,17)18/h2-5,9,20H,6-8H2,1H3/t9-/m1/s1. The van der Waals surface area contributed by atoms with Gasteiger partial charge in [0.15, 0.2) is 0 Å². The van der Waals surface area contributed by atoms with Crippen LogP contribution in [0.25, 0.3) is 0 Å². The van der Waals surface area contributed by atoms with Crippen molar-refractivity contribution in [1.29, 1.82) is 0 Å². The number of hydrogen-bond acceptors (Lipinski definition) is 2. The van der Waals surface area contributed by atoms with Crippen molar-refractivity contribution >= 4 is 5.69 Å². The lowest BCUT2D eigenvalue weighted by Gasteiger charge is -2.31. The number of rotatable bonds is 2. The molecule has 0 spiro atoms. The lowest BCUT2D eigenvalue weighted by molar-refractivity contribution is -0.0944. The summed E-state index contributed by atoms with van der Waals surface area (Å²) in [7, 11) is 0. The number of aliphatic hydroxyl groups excluding tert-OH is 1. The van der Waals surface area contributed by atoms with Crippen LogP contribution < -0.4 is 4.90 Å². The van der Waals surface area contributed by atoms with Crippen molar-refractivity contribution < 1.29 is 22.7 Å². The molecule has 1 N–H and O–H groups in total. The van der Waals surface area contributed by atoms with E-state index in [1.54, 1.807) is 6.07 Å². The molecule has 0 saturated heterocycles. The average molecular weight is 289 g/mol. The fourth-order valence-electron chi connectivity index (χ4n) is 2.33. The summed E-state index contributed by atoms with van der Waals surface area (Å²) in [6, 6.07) is 4.29. The van der Waals surface area contributed by atoms with E-state index in [1.807, 2.05) is 0 Å². The summed E-state index contributed by atoms with van der Waals surface area (Å²) >= 11 is 0. The summed E-state index contributed by atoms with van der Waals surface area (Å²) in [4.78, 5) is 1.52. The fourth-order valence-corrected chi connectivity index (χ4v) is 2.33. The van der Waals surface area contributed by atoms with Gasteiger partial charge < -0.3 is 10.0 Å². The Kier molecular flexibility index (Phi) is 4.04. The average Bonchev–Trinajstić information content (AvgIpc) is 2.37. The Bertz CT molecular complexity index is 522. The number of nitrogens with zero attached hydrogens (tertiary/aromatic N) is 1. The summed E-state index contributed by atoms with van der Waals surface area (Å²) in [5, 5.41) is 9.65. The summed E-state index contributed by atoms with van der Waals surface area (Å²) in [6.45, 7) is 1.56. The quantitative estimate of drug-likeness (QED) is 0.664. The largest absolute Gasteiger partial charge is 0.412 e. The predicted octanol–water partition coefficient (Wildman–Crippen LogP) is 3.58. The van der Waals surface area contributed by atoms with Crippen molar-refractivity contribution in [3.63, 3.8) is 0 Å². The molecule has 1 aromatic rings. The molecule has 20 heavy (non-hydrogen) atoms. The van der Waals surface area contributed by atoms with Crippen molar-refractivity contribution in [3.8, 4) is 0 Å². The van der Waals surface area contributed by atoms with E-state index in [0.29, 0.717) is 5.56 Å². The van der Waals surface area contributed by atoms with Crippen LogP contribution in [0.2, 0.25) is 0 Å². The van der Waals surface area contributed by atoms with Crippen LogP contribution in [0.15, 0.2) is 29.8 Å². The van der Waals surface area contributed by atoms with Crippen LogP contribution >= 0.6 is 0 Å². The topological polar surface area (TPSA) is 23.5 Å². The summed E-state index contributed by atoms with van der Waals surface area (Å²) < 4.78 is 51.6. The highest BCUT2D eigenvalue weighted by Gasteiger charge is 2.35. The van der Waals surface area contributed by atoms with Gasteiger partial charge in [-0.1, -0.05) is 18.2 Å². The Morgan fingerprint density at radius 3 is 2.50 bits per heavy atom. The van der Waals surface area contributed by atoms with Gasteiger partial charge in [-0.15, -0.1) is 0 Å². The zero-order chi connectivity index (χ0) is 14.9. The molecule has 1 aromatic carbocycles. The summed E-state index contributed by atoms with van der Waals surface area (Å²) in [5.74, 6) is -0.535. The first-order valence-corrected chi connectivity index (χ1v) is 6.28. The summed E-state index contributed by atoms with van der Waals surface area (Å²) in [5.41, 5.74) is -0.0162. The highest BCUT2D eigenvalue weighted by Crippen LogP contribution is 2.34. The number of benzene rings is 1. The highest BCUT2D eigenvalue weighted by atomic mass is 19.4. The van der Waals surface area contributed by atoms with Crippen LogP contribution in [0.3, 0.4) is 0 Å². The van der Waals surface area contributed by atoms with Crippen LogP contribution in [0.1, 0.15) is 25.0 Å². The smallest absolute Gasteiger partial charge is 0.389 e. The van der Waals surface area contributed by atoms with Gasteiger partial charge in [-0.2, -0.15) is 13.2 Å². The molecule has 0 amide bonds. The van der Waals surface area contributed by atoms with Crippen LogP contribution in [0.4, 0.5) is 23.2 Å².